The van der Waals surface area contributed by atoms with Crippen molar-refractivity contribution in [3.05, 3.63) is 88.0 Å². The molecule has 9 heteroatoms. The Morgan fingerprint density at radius 2 is 1.82 bits per heavy atom. The van der Waals surface area contributed by atoms with Gasteiger partial charge in [0, 0.05) is 41.9 Å². The number of thiazole rings is 1. The molecule has 0 spiro atoms. The highest BCUT2D eigenvalue weighted by Crippen LogP contribution is 2.25. The van der Waals surface area contributed by atoms with Gasteiger partial charge < -0.3 is 5.32 Å². The average Bonchev–Trinajstić information content (AvgIpc) is 3.26. The number of carbonyl (C=O) groups excluding carboxylic acids is 1. The third-order valence-corrected chi connectivity index (χ3v) is 7.97. The number of rotatable bonds is 7. The Morgan fingerprint density at radius 3 is 2.52 bits per heavy atom. The number of benzene rings is 2. The maximum atomic E-state index is 13.1. The minimum absolute atomic E-state index is 0.144. The van der Waals surface area contributed by atoms with Crippen LogP contribution in [0.2, 0.25) is 0 Å². The summed E-state index contributed by atoms with van der Waals surface area (Å²) in [7, 11) is -3.53. The van der Waals surface area contributed by atoms with Gasteiger partial charge in [-0.25, -0.2) is 17.8 Å². The van der Waals surface area contributed by atoms with Crippen LogP contribution in [0.25, 0.3) is 6.08 Å². The molecule has 6 nitrogen and oxygen atoms in total. The van der Waals surface area contributed by atoms with Gasteiger partial charge in [0.1, 0.15) is 5.82 Å². The molecule has 2 heterocycles. The largest absolute Gasteiger partial charge is 0.302 e. The number of nitrogens with zero attached hydrogens (tertiary/aromatic N) is 2. The van der Waals surface area contributed by atoms with Crippen LogP contribution in [0.1, 0.15) is 28.8 Å². The predicted octanol–water partition coefficient (Wildman–Crippen LogP) is 4.52. The molecule has 1 aliphatic rings. The first kappa shape index (κ1) is 23.3. The Kier molecular flexibility index (Phi) is 7.32. The number of piperidine rings is 1. The zero-order valence-corrected chi connectivity index (χ0v) is 19.5. The van der Waals surface area contributed by atoms with Crippen molar-refractivity contribution in [3.63, 3.8) is 0 Å². The fraction of sp³-hybridized carbons (Fsp3) is 0.250. The summed E-state index contributed by atoms with van der Waals surface area (Å²) in [5.74, 6) is -0.685. The number of hydrogen-bond acceptors (Lipinski definition) is 5. The van der Waals surface area contributed by atoms with Gasteiger partial charge in [-0.2, -0.15) is 4.31 Å². The molecule has 1 saturated heterocycles. The van der Waals surface area contributed by atoms with Crippen molar-refractivity contribution in [2.75, 3.05) is 18.4 Å². The SMILES string of the molecule is O=C(Nc1ncc(Cc2ccc(F)cc2)s1)C1CCN(S(=O)(=O)/C=C/c2ccccc2)CC1. The van der Waals surface area contributed by atoms with Crippen LogP contribution in [-0.2, 0) is 21.2 Å². The van der Waals surface area contributed by atoms with Gasteiger partial charge in [-0.05, 0) is 42.2 Å². The van der Waals surface area contributed by atoms with E-state index < -0.39 is 10.0 Å². The molecule has 0 aliphatic carbocycles. The lowest BCUT2D eigenvalue weighted by Crippen LogP contribution is -2.40. The Hall–Kier alpha value is -2.88. The zero-order valence-electron chi connectivity index (χ0n) is 17.9. The lowest BCUT2D eigenvalue weighted by atomic mass is 9.97. The van der Waals surface area contributed by atoms with Crippen LogP contribution in [0.5, 0.6) is 0 Å². The number of halogens is 1. The number of hydrogen-bond donors (Lipinski definition) is 1. The molecule has 0 saturated carbocycles. The molecule has 2 aromatic carbocycles. The van der Waals surface area contributed by atoms with Gasteiger partial charge in [0.15, 0.2) is 5.13 Å². The highest BCUT2D eigenvalue weighted by molar-refractivity contribution is 7.92. The van der Waals surface area contributed by atoms with Crippen molar-refractivity contribution >= 4 is 38.5 Å². The van der Waals surface area contributed by atoms with Crippen molar-refractivity contribution in [1.29, 1.82) is 0 Å². The van der Waals surface area contributed by atoms with E-state index in [4.69, 9.17) is 0 Å². The molecule has 1 aliphatic heterocycles. The Morgan fingerprint density at radius 1 is 1.12 bits per heavy atom. The van der Waals surface area contributed by atoms with E-state index in [9.17, 15) is 17.6 Å². The van der Waals surface area contributed by atoms with E-state index in [0.29, 0.717) is 37.5 Å². The molecule has 0 atom stereocenters. The van der Waals surface area contributed by atoms with Gasteiger partial charge in [0.2, 0.25) is 15.9 Å². The van der Waals surface area contributed by atoms with E-state index in [2.05, 4.69) is 10.3 Å². The first-order valence-electron chi connectivity index (χ1n) is 10.6. The standard InChI is InChI=1S/C24H24FN3O3S2/c25-21-8-6-19(7-9-21)16-22-17-26-24(32-22)27-23(29)20-10-13-28(14-11-20)33(30,31)15-12-18-4-2-1-3-5-18/h1-9,12,15,17,20H,10-11,13-14,16H2,(H,26,27,29)/b15-12+. The third-order valence-electron chi connectivity index (χ3n) is 5.49. The molecule has 3 aromatic rings. The van der Waals surface area contributed by atoms with E-state index in [0.717, 1.165) is 16.0 Å². The minimum atomic E-state index is -3.53. The summed E-state index contributed by atoms with van der Waals surface area (Å²) < 4.78 is 39.7. The summed E-state index contributed by atoms with van der Waals surface area (Å²) in [5.41, 5.74) is 1.78. The van der Waals surface area contributed by atoms with Gasteiger partial charge in [0.05, 0.1) is 0 Å². The Labute approximate surface area is 196 Å². The molecule has 172 valence electrons. The number of carbonyl (C=O) groups is 1. The molecule has 1 aromatic heterocycles. The summed E-state index contributed by atoms with van der Waals surface area (Å²) >= 11 is 1.38. The first-order chi connectivity index (χ1) is 15.9. The van der Waals surface area contributed by atoms with Crippen LogP contribution in [-0.4, -0.2) is 36.7 Å². The molecular formula is C24H24FN3O3S2. The summed E-state index contributed by atoms with van der Waals surface area (Å²) in [6, 6.07) is 15.5. The van der Waals surface area contributed by atoms with Crippen molar-refractivity contribution in [2.24, 2.45) is 5.92 Å². The number of nitrogens with one attached hydrogen (secondary N) is 1. The van der Waals surface area contributed by atoms with Crippen LogP contribution in [0, 0.1) is 11.7 Å². The van der Waals surface area contributed by atoms with Gasteiger partial charge in [-0.15, -0.1) is 11.3 Å². The molecular weight excluding hydrogens is 461 g/mol. The second kappa shape index (κ2) is 10.4. The zero-order chi connectivity index (χ0) is 23.3. The van der Waals surface area contributed by atoms with Crippen molar-refractivity contribution in [2.45, 2.75) is 19.3 Å². The van der Waals surface area contributed by atoms with Crippen LogP contribution in [0.3, 0.4) is 0 Å². The summed E-state index contributed by atoms with van der Waals surface area (Å²) in [4.78, 5) is 17.9. The monoisotopic (exact) mass is 485 g/mol. The minimum Gasteiger partial charge on any atom is -0.302 e. The normalized spacial score (nSPS) is 15.7. The van der Waals surface area contributed by atoms with E-state index in [1.54, 1.807) is 24.4 Å². The highest BCUT2D eigenvalue weighted by Gasteiger charge is 2.30. The van der Waals surface area contributed by atoms with E-state index in [-0.39, 0.29) is 17.6 Å². The molecule has 0 radical (unpaired) electrons. The molecule has 33 heavy (non-hydrogen) atoms. The molecule has 0 bridgehead atoms. The fourth-order valence-corrected chi connectivity index (χ4v) is 5.72. The second-order valence-electron chi connectivity index (χ2n) is 7.86. The third kappa shape index (κ3) is 6.34. The quantitative estimate of drug-likeness (QED) is 0.534. The van der Waals surface area contributed by atoms with E-state index >= 15 is 0 Å². The van der Waals surface area contributed by atoms with Crippen LogP contribution in [0.15, 0.2) is 66.2 Å². The summed E-state index contributed by atoms with van der Waals surface area (Å²) in [6.07, 6.45) is 4.81. The van der Waals surface area contributed by atoms with E-state index in [1.165, 1.54) is 33.2 Å². The molecule has 1 amide bonds. The van der Waals surface area contributed by atoms with Crippen molar-refractivity contribution < 1.29 is 17.6 Å². The summed E-state index contributed by atoms with van der Waals surface area (Å²) in [5, 5.41) is 4.59. The topological polar surface area (TPSA) is 79.4 Å². The van der Waals surface area contributed by atoms with Gasteiger partial charge in [0.25, 0.3) is 0 Å². The van der Waals surface area contributed by atoms with E-state index in [1.807, 2.05) is 30.3 Å². The Balaban J connectivity index is 1.28. The highest BCUT2D eigenvalue weighted by atomic mass is 32.2. The fourth-order valence-electron chi connectivity index (χ4n) is 3.65. The maximum Gasteiger partial charge on any atom is 0.236 e. The molecule has 1 N–H and O–H groups in total. The van der Waals surface area contributed by atoms with Gasteiger partial charge >= 0.3 is 0 Å². The first-order valence-corrected chi connectivity index (χ1v) is 12.9. The molecule has 4 rings (SSSR count). The summed E-state index contributed by atoms with van der Waals surface area (Å²) in [6.45, 7) is 0.598. The average molecular weight is 486 g/mol. The predicted molar refractivity (Wildman–Crippen MR) is 129 cm³/mol. The van der Waals surface area contributed by atoms with Gasteiger partial charge in [-0.3, -0.25) is 4.79 Å². The van der Waals surface area contributed by atoms with Gasteiger partial charge in [-0.1, -0.05) is 42.5 Å². The maximum absolute atomic E-state index is 13.1. The molecule has 0 unspecified atom stereocenters. The second-order valence-corrected chi connectivity index (χ2v) is 10.8. The number of anilines is 1. The van der Waals surface area contributed by atoms with Crippen molar-refractivity contribution in [1.82, 2.24) is 9.29 Å². The van der Waals surface area contributed by atoms with Crippen LogP contribution in [0.4, 0.5) is 9.52 Å². The molecule has 1 fully saturated rings. The van der Waals surface area contributed by atoms with Crippen LogP contribution < -0.4 is 5.32 Å². The number of aromatic nitrogens is 1. The lowest BCUT2D eigenvalue weighted by molar-refractivity contribution is -0.120. The smallest absolute Gasteiger partial charge is 0.236 e. The number of amides is 1. The Bertz CT molecular complexity index is 1220. The lowest BCUT2D eigenvalue weighted by Gasteiger charge is -2.29. The van der Waals surface area contributed by atoms with Crippen LogP contribution >= 0.6 is 11.3 Å². The van der Waals surface area contributed by atoms with Crippen molar-refractivity contribution in [3.8, 4) is 0 Å². The number of sulfonamides is 1.